The summed E-state index contributed by atoms with van der Waals surface area (Å²) in [6.45, 7) is 0.389. The summed E-state index contributed by atoms with van der Waals surface area (Å²) in [7, 11) is 0. The van der Waals surface area contributed by atoms with Crippen LogP contribution in [0.25, 0.3) is 0 Å². The van der Waals surface area contributed by atoms with Crippen LogP contribution in [-0.4, -0.2) is 16.7 Å². The molecule has 3 nitrogen and oxygen atoms in total. The van der Waals surface area contributed by atoms with Gasteiger partial charge in [0.2, 0.25) is 11.8 Å². The molecule has 2 unspecified atom stereocenters. The zero-order chi connectivity index (χ0) is 16.6. The Bertz CT molecular complexity index is 756. The third-order valence-electron chi connectivity index (χ3n) is 5.65. The molecule has 0 spiro atoms. The van der Waals surface area contributed by atoms with Crippen molar-refractivity contribution in [2.45, 2.75) is 37.6 Å². The number of amides is 2. The minimum absolute atomic E-state index is 0.0106. The number of piperidine rings is 1. The summed E-state index contributed by atoms with van der Waals surface area (Å²) in [5, 5.41) is 0. The van der Waals surface area contributed by atoms with Crippen molar-refractivity contribution < 1.29 is 9.59 Å². The van der Waals surface area contributed by atoms with Crippen molar-refractivity contribution in [2.75, 3.05) is 0 Å². The van der Waals surface area contributed by atoms with Crippen LogP contribution in [0.3, 0.4) is 0 Å². The molecule has 2 fully saturated rings. The highest BCUT2D eigenvalue weighted by Gasteiger charge is 2.54. The highest BCUT2D eigenvalue weighted by molar-refractivity contribution is 6.01. The Morgan fingerprint density at radius 1 is 0.958 bits per heavy atom. The molecule has 122 valence electrons. The molecule has 2 amide bonds. The maximum Gasteiger partial charge on any atom is 0.233 e. The van der Waals surface area contributed by atoms with Gasteiger partial charge in [-0.3, -0.25) is 14.5 Å². The monoisotopic (exact) mass is 319 g/mol. The molecule has 24 heavy (non-hydrogen) atoms. The lowest BCUT2D eigenvalue weighted by Crippen LogP contribution is -2.53. The highest BCUT2D eigenvalue weighted by Crippen LogP contribution is 2.51. The maximum absolute atomic E-state index is 13.1. The van der Waals surface area contributed by atoms with Crippen LogP contribution in [0.1, 0.15) is 36.8 Å². The van der Waals surface area contributed by atoms with E-state index in [1.165, 1.54) is 4.90 Å². The normalized spacial score (nSPS) is 26.5. The Morgan fingerprint density at radius 3 is 2.33 bits per heavy atom. The first-order chi connectivity index (χ1) is 11.7. The van der Waals surface area contributed by atoms with Gasteiger partial charge in [0, 0.05) is 17.8 Å². The average molecular weight is 319 g/mol. The van der Waals surface area contributed by atoms with E-state index in [9.17, 15) is 9.59 Å². The van der Waals surface area contributed by atoms with E-state index in [1.807, 2.05) is 48.5 Å². The van der Waals surface area contributed by atoms with Crippen molar-refractivity contribution in [3.05, 3.63) is 71.8 Å². The molecular weight excluding hydrogens is 298 g/mol. The van der Waals surface area contributed by atoms with Crippen LogP contribution in [0.5, 0.6) is 0 Å². The molecule has 0 radical (unpaired) electrons. The first kappa shape index (κ1) is 15.1. The van der Waals surface area contributed by atoms with Gasteiger partial charge in [-0.1, -0.05) is 67.1 Å². The van der Waals surface area contributed by atoms with E-state index < -0.39 is 0 Å². The molecule has 1 aliphatic heterocycles. The third kappa shape index (κ3) is 2.35. The number of nitrogens with zero attached hydrogens (tertiary/aromatic N) is 1. The van der Waals surface area contributed by atoms with E-state index >= 15 is 0 Å². The fourth-order valence-electron chi connectivity index (χ4n) is 4.47. The number of hydrogen-bond donors (Lipinski definition) is 0. The summed E-state index contributed by atoms with van der Waals surface area (Å²) in [5.41, 5.74) is 1.86. The molecule has 2 aromatic carbocycles. The van der Waals surface area contributed by atoms with Gasteiger partial charge in [-0.15, -0.1) is 0 Å². The molecule has 4 rings (SSSR count). The van der Waals surface area contributed by atoms with Crippen LogP contribution in [0.15, 0.2) is 60.7 Å². The van der Waals surface area contributed by atoms with Crippen molar-refractivity contribution in [1.29, 1.82) is 0 Å². The Hall–Kier alpha value is -2.42. The van der Waals surface area contributed by atoms with Crippen LogP contribution in [0, 0.1) is 5.92 Å². The number of hydrogen-bond acceptors (Lipinski definition) is 2. The molecule has 1 heterocycles. The molecule has 1 saturated heterocycles. The number of likely N-dealkylation sites (tertiary alicyclic amines) is 1. The summed E-state index contributed by atoms with van der Waals surface area (Å²) in [5.74, 6) is -0.0939. The summed E-state index contributed by atoms with van der Waals surface area (Å²) in [4.78, 5) is 27.4. The number of carbonyl (C=O) groups excluding carboxylic acids is 2. The number of fused-ring (bicyclic) bond motifs is 1. The van der Waals surface area contributed by atoms with Gasteiger partial charge in [0.1, 0.15) is 0 Å². The summed E-state index contributed by atoms with van der Waals surface area (Å²) >= 11 is 0. The van der Waals surface area contributed by atoms with Crippen molar-refractivity contribution >= 4 is 11.8 Å². The molecule has 2 aromatic rings. The first-order valence-electron chi connectivity index (χ1n) is 8.64. The first-order valence-corrected chi connectivity index (χ1v) is 8.64. The van der Waals surface area contributed by atoms with Crippen LogP contribution >= 0.6 is 0 Å². The average Bonchev–Trinajstić information content (AvgIpc) is 3.05. The lowest BCUT2D eigenvalue weighted by Gasteiger charge is -2.42. The van der Waals surface area contributed by atoms with Crippen molar-refractivity contribution in [3.63, 3.8) is 0 Å². The van der Waals surface area contributed by atoms with Gasteiger partial charge >= 0.3 is 0 Å². The Kier molecular flexibility index (Phi) is 3.72. The van der Waals surface area contributed by atoms with Crippen LogP contribution < -0.4 is 0 Å². The van der Waals surface area contributed by atoms with E-state index in [4.69, 9.17) is 0 Å². The van der Waals surface area contributed by atoms with Gasteiger partial charge in [0.25, 0.3) is 0 Å². The van der Waals surface area contributed by atoms with Crippen molar-refractivity contribution in [1.82, 2.24) is 4.90 Å². The van der Waals surface area contributed by atoms with Gasteiger partial charge in [-0.2, -0.15) is 0 Å². The van der Waals surface area contributed by atoms with E-state index in [0.717, 1.165) is 30.4 Å². The lowest BCUT2D eigenvalue weighted by atomic mass is 9.67. The molecule has 1 aliphatic carbocycles. The van der Waals surface area contributed by atoms with Gasteiger partial charge in [0.05, 0.1) is 6.54 Å². The molecule has 2 aliphatic rings. The van der Waals surface area contributed by atoms with Gasteiger partial charge < -0.3 is 0 Å². The third-order valence-corrected chi connectivity index (χ3v) is 5.65. The van der Waals surface area contributed by atoms with E-state index in [0.29, 0.717) is 13.0 Å². The second kappa shape index (κ2) is 5.90. The fraction of sp³-hybridized carbons (Fsp3) is 0.333. The van der Waals surface area contributed by atoms with Crippen LogP contribution in [0.4, 0.5) is 0 Å². The minimum Gasteiger partial charge on any atom is -0.278 e. The summed E-state index contributed by atoms with van der Waals surface area (Å²) < 4.78 is 0. The predicted molar refractivity (Wildman–Crippen MR) is 92.1 cm³/mol. The number of carbonyl (C=O) groups is 2. The molecule has 0 N–H and O–H groups in total. The zero-order valence-corrected chi connectivity index (χ0v) is 13.7. The molecule has 3 heteroatoms. The van der Waals surface area contributed by atoms with Gasteiger partial charge in [-0.25, -0.2) is 0 Å². The zero-order valence-electron chi connectivity index (χ0n) is 13.7. The van der Waals surface area contributed by atoms with Gasteiger partial charge in [-0.05, 0) is 24.0 Å². The summed E-state index contributed by atoms with van der Waals surface area (Å²) in [6, 6.07) is 19.9. The van der Waals surface area contributed by atoms with Crippen LogP contribution in [-0.2, 0) is 21.5 Å². The highest BCUT2D eigenvalue weighted by atomic mass is 16.2. The van der Waals surface area contributed by atoms with E-state index in [1.54, 1.807) is 0 Å². The van der Waals surface area contributed by atoms with Gasteiger partial charge in [0.15, 0.2) is 0 Å². The number of rotatable bonds is 3. The standard InChI is InChI=1S/C21H21NO2/c23-19-14-21(17-10-5-2-6-11-17)13-7-12-18(21)20(24)22(19)15-16-8-3-1-4-9-16/h1-6,8-11,18H,7,12-15H2. The molecule has 2 atom stereocenters. The van der Waals surface area contributed by atoms with Crippen molar-refractivity contribution in [2.24, 2.45) is 5.92 Å². The smallest absolute Gasteiger partial charge is 0.233 e. The van der Waals surface area contributed by atoms with Crippen molar-refractivity contribution in [3.8, 4) is 0 Å². The number of benzene rings is 2. The molecule has 1 saturated carbocycles. The Balaban J connectivity index is 1.66. The minimum atomic E-state index is -0.289. The second-order valence-corrected chi connectivity index (χ2v) is 6.95. The van der Waals surface area contributed by atoms with E-state index in [-0.39, 0.29) is 23.1 Å². The molecule has 0 aromatic heterocycles. The maximum atomic E-state index is 13.1. The predicted octanol–water partition coefficient (Wildman–Crippen LogP) is 3.68. The fourth-order valence-corrected chi connectivity index (χ4v) is 4.47. The van der Waals surface area contributed by atoms with Crippen LogP contribution in [0.2, 0.25) is 0 Å². The lowest BCUT2D eigenvalue weighted by molar-refractivity contribution is -0.155. The van der Waals surface area contributed by atoms with E-state index in [2.05, 4.69) is 12.1 Å². The summed E-state index contributed by atoms with van der Waals surface area (Å²) in [6.07, 6.45) is 3.27. The molecule has 0 bridgehead atoms. The quantitative estimate of drug-likeness (QED) is 0.809. The topological polar surface area (TPSA) is 37.4 Å². The Labute approximate surface area is 142 Å². The second-order valence-electron chi connectivity index (χ2n) is 6.95. The largest absolute Gasteiger partial charge is 0.278 e. The molecular formula is C21H21NO2. The Morgan fingerprint density at radius 2 is 1.62 bits per heavy atom. The SMILES string of the molecule is O=C1CC2(c3ccccc3)CCCC2C(=O)N1Cc1ccccc1. The number of imide groups is 1.